The van der Waals surface area contributed by atoms with E-state index >= 15 is 0 Å². The van der Waals surface area contributed by atoms with E-state index in [1.165, 1.54) is 77.0 Å². The molecule has 2 nitrogen and oxygen atoms in total. The van der Waals surface area contributed by atoms with E-state index in [1.54, 1.807) is 0 Å². The molecule has 0 atom stereocenters. The van der Waals surface area contributed by atoms with Crippen LogP contribution in [-0.2, 0) is 4.79 Å². The second-order valence-corrected chi connectivity index (χ2v) is 6.73. The molecule has 0 heterocycles. The SMILES string of the molecule is C=C(C)CNC(=O)CCCCCCCCCCCCCCC. The first-order valence-corrected chi connectivity index (χ1v) is 9.58. The summed E-state index contributed by atoms with van der Waals surface area (Å²) in [5.41, 5.74) is 1.01. The summed E-state index contributed by atoms with van der Waals surface area (Å²) in [6, 6.07) is 0. The first-order valence-electron chi connectivity index (χ1n) is 9.58. The number of carbonyl (C=O) groups is 1. The van der Waals surface area contributed by atoms with E-state index in [2.05, 4.69) is 18.8 Å². The topological polar surface area (TPSA) is 29.1 Å². The lowest BCUT2D eigenvalue weighted by Gasteiger charge is -2.05. The minimum atomic E-state index is 0.172. The van der Waals surface area contributed by atoms with E-state index in [0.717, 1.165) is 12.0 Å². The molecule has 0 rings (SSSR count). The zero-order valence-corrected chi connectivity index (χ0v) is 15.2. The second-order valence-electron chi connectivity index (χ2n) is 6.73. The van der Waals surface area contributed by atoms with E-state index in [1.807, 2.05) is 6.92 Å². The van der Waals surface area contributed by atoms with Crippen LogP contribution in [0.5, 0.6) is 0 Å². The van der Waals surface area contributed by atoms with Crippen LogP contribution in [0.4, 0.5) is 0 Å². The second kappa shape index (κ2) is 16.6. The van der Waals surface area contributed by atoms with Crippen LogP contribution in [0.2, 0.25) is 0 Å². The average Bonchev–Trinajstić information content (AvgIpc) is 2.49. The predicted molar refractivity (Wildman–Crippen MR) is 98.1 cm³/mol. The van der Waals surface area contributed by atoms with Gasteiger partial charge in [0.2, 0.25) is 5.91 Å². The summed E-state index contributed by atoms with van der Waals surface area (Å²) in [6.45, 7) is 8.61. The maximum Gasteiger partial charge on any atom is 0.220 e. The number of unbranched alkanes of at least 4 members (excludes halogenated alkanes) is 12. The van der Waals surface area contributed by atoms with Gasteiger partial charge in [-0.3, -0.25) is 4.79 Å². The van der Waals surface area contributed by atoms with E-state index in [0.29, 0.717) is 13.0 Å². The molecule has 1 amide bonds. The number of hydrogen-bond donors (Lipinski definition) is 1. The van der Waals surface area contributed by atoms with Gasteiger partial charge >= 0.3 is 0 Å². The zero-order valence-electron chi connectivity index (χ0n) is 15.2. The third-order valence-corrected chi connectivity index (χ3v) is 4.09. The highest BCUT2D eigenvalue weighted by atomic mass is 16.1. The van der Waals surface area contributed by atoms with Crippen molar-refractivity contribution in [1.29, 1.82) is 0 Å². The molecule has 0 aromatic heterocycles. The molecule has 0 fully saturated rings. The Morgan fingerprint density at radius 1 is 0.773 bits per heavy atom. The number of hydrogen-bond acceptors (Lipinski definition) is 1. The molecule has 0 aromatic rings. The van der Waals surface area contributed by atoms with Crippen molar-refractivity contribution in [2.45, 2.75) is 104 Å². The Morgan fingerprint density at radius 2 is 1.18 bits per heavy atom. The van der Waals surface area contributed by atoms with E-state index < -0.39 is 0 Å². The molecule has 22 heavy (non-hydrogen) atoms. The molecule has 1 N–H and O–H groups in total. The maximum absolute atomic E-state index is 11.5. The van der Waals surface area contributed by atoms with Crippen molar-refractivity contribution in [3.8, 4) is 0 Å². The molecule has 0 saturated carbocycles. The van der Waals surface area contributed by atoms with Gasteiger partial charge in [0.1, 0.15) is 0 Å². The van der Waals surface area contributed by atoms with Gasteiger partial charge < -0.3 is 5.32 Å². The predicted octanol–water partition coefficient (Wildman–Crippen LogP) is 6.16. The van der Waals surface area contributed by atoms with Crippen LogP contribution in [0.3, 0.4) is 0 Å². The van der Waals surface area contributed by atoms with E-state index in [9.17, 15) is 4.79 Å². The Hall–Kier alpha value is -0.790. The molecular formula is C20H39NO. The molecule has 0 saturated heterocycles. The molecular weight excluding hydrogens is 270 g/mol. The van der Waals surface area contributed by atoms with Crippen LogP contribution in [0.1, 0.15) is 104 Å². The molecule has 0 aliphatic rings. The molecule has 0 spiro atoms. The highest BCUT2D eigenvalue weighted by molar-refractivity contribution is 5.76. The normalized spacial score (nSPS) is 10.6. The fraction of sp³-hybridized carbons (Fsp3) is 0.850. The third-order valence-electron chi connectivity index (χ3n) is 4.09. The van der Waals surface area contributed by atoms with Crippen LogP contribution in [-0.4, -0.2) is 12.5 Å². The van der Waals surface area contributed by atoms with Gasteiger partial charge in [0.15, 0.2) is 0 Å². The number of carbonyl (C=O) groups excluding carboxylic acids is 1. The van der Waals surface area contributed by atoms with Crippen LogP contribution >= 0.6 is 0 Å². The van der Waals surface area contributed by atoms with Crippen molar-refractivity contribution in [3.05, 3.63) is 12.2 Å². The van der Waals surface area contributed by atoms with Crippen molar-refractivity contribution in [2.24, 2.45) is 0 Å². The first-order chi connectivity index (χ1) is 10.7. The smallest absolute Gasteiger partial charge is 0.220 e. The van der Waals surface area contributed by atoms with Gasteiger partial charge in [0.25, 0.3) is 0 Å². The van der Waals surface area contributed by atoms with Gasteiger partial charge in [-0.2, -0.15) is 0 Å². The third kappa shape index (κ3) is 17.3. The summed E-state index contributed by atoms with van der Waals surface area (Å²) in [4.78, 5) is 11.5. The van der Waals surface area contributed by atoms with E-state index in [4.69, 9.17) is 0 Å². The Morgan fingerprint density at radius 3 is 1.59 bits per heavy atom. The monoisotopic (exact) mass is 309 g/mol. The highest BCUT2D eigenvalue weighted by Crippen LogP contribution is 2.12. The molecule has 0 radical (unpaired) electrons. The minimum absolute atomic E-state index is 0.172. The van der Waals surface area contributed by atoms with Gasteiger partial charge in [-0.15, -0.1) is 0 Å². The lowest BCUT2D eigenvalue weighted by Crippen LogP contribution is -2.24. The average molecular weight is 310 g/mol. The molecule has 2 heteroatoms. The lowest BCUT2D eigenvalue weighted by atomic mass is 10.0. The fourth-order valence-electron chi connectivity index (χ4n) is 2.64. The van der Waals surface area contributed by atoms with Gasteiger partial charge in [-0.1, -0.05) is 96.1 Å². The zero-order chi connectivity index (χ0) is 16.5. The fourth-order valence-corrected chi connectivity index (χ4v) is 2.64. The van der Waals surface area contributed by atoms with Crippen molar-refractivity contribution in [3.63, 3.8) is 0 Å². The van der Waals surface area contributed by atoms with Gasteiger partial charge in [-0.25, -0.2) is 0 Å². The lowest BCUT2D eigenvalue weighted by molar-refractivity contribution is -0.121. The molecule has 0 aromatic carbocycles. The van der Waals surface area contributed by atoms with Crippen LogP contribution < -0.4 is 5.32 Å². The van der Waals surface area contributed by atoms with Crippen molar-refractivity contribution < 1.29 is 4.79 Å². The highest BCUT2D eigenvalue weighted by Gasteiger charge is 2.00. The van der Waals surface area contributed by atoms with Crippen molar-refractivity contribution in [2.75, 3.05) is 6.54 Å². The molecule has 0 aliphatic carbocycles. The molecule has 0 bridgehead atoms. The van der Waals surface area contributed by atoms with Crippen LogP contribution in [0.15, 0.2) is 12.2 Å². The van der Waals surface area contributed by atoms with Crippen molar-refractivity contribution >= 4 is 5.91 Å². The summed E-state index contributed by atoms with van der Waals surface area (Å²) >= 11 is 0. The first kappa shape index (κ1) is 21.2. The van der Waals surface area contributed by atoms with Gasteiger partial charge in [-0.05, 0) is 13.3 Å². The van der Waals surface area contributed by atoms with Crippen molar-refractivity contribution in [1.82, 2.24) is 5.32 Å². The van der Waals surface area contributed by atoms with Crippen LogP contribution in [0.25, 0.3) is 0 Å². The summed E-state index contributed by atoms with van der Waals surface area (Å²) in [6.07, 6.45) is 18.2. The van der Waals surface area contributed by atoms with Gasteiger partial charge in [0, 0.05) is 13.0 Å². The Bertz CT molecular complexity index is 273. The molecule has 130 valence electrons. The van der Waals surface area contributed by atoms with Crippen LogP contribution in [0, 0.1) is 0 Å². The largest absolute Gasteiger partial charge is 0.352 e. The standard InChI is InChI=1S/C20H39NO/c1-4-5-6-7-8-9-10-11-12-13-14-15-16-17-20(22)21-18-19(2)3/h2,4-18H2,1,3H3,(H,21,22). The summed E-state index contributed by atoms with van der Waals surface area (Å²) < 4.78 is 0. The molecule has 0 unspecified atom stereocenters. The number of rotatable bonds is 16. The Balaban J connectivity index is 3.11. The summed E-state index contributed by atoms with van der Waals surface area (Å²) in [5, 5.41) is 2.89. The van der Waals surface area contributed by atoms with E-state index in [-0.39, 0.29) is 5.91 Å². The van der Waals surface area contributed by atoms with Gasteiger partial charge in [0.05, 0.1) is 0 Å². The summed E-state index contributed by atoms with van der Waals surface area (Å²) in [7, 11) is 0. The molecule has 0 aliphatic heterocycles. The maximum atomic E-state index is 11.5. The Kier molecular flexibility index (Phi) is 16.0. The summed E-state index contributed by atoms with van der Waals surface area (Å²) in [5.74, 6) is 0.172. The Labute approximate surface area is 139 Å². The number of nitrogens with one attached hydrogen (secondary N) is 1. The minimum Gasteiger partial charge on any atom is -0.352 e. The quantitative estimate of drug-likeness (QED) is 0.268. The number of amides is 1.